The Labute approximate surface area is 97.2 Å². The predicted octanol–water partition coefficient (Wildman–Crippen LogP) is -0.586. The van der Waals surface area contributed by atoms with Crippen molar-refractivity contribution in [2.24, 2.45) is 0 Å². The maximum Gasteiger partial charge on any atom is 0.252 e. The monoisotopic (exact) mass is 233 g/mol. The van der Waals surface area contributed by atoms with Gasteiger partial charge in [0.15, 0.2) is 0 Å². The third-order valence-electron chi connectivity index (χ3n) is 2.42. The van der Waals surface area contributed by atoms with E-state index in [1.165, 1.54) is 6.07 Å². The molecule has 1 aromatic carbocycles. The van der Waals surface area contributed by atoms with Crippen LogP contribution in [0.5, 0.6) is 0 Å². The normalized spacial score (nSPS) is 18.9. The molecule has 3 amide bonds. The van der Waals surface area contributed by atoms with E-state index in [1.54, 1.807) is 18.2 Å². The van der Waals surface area contributed by atoms with Gasteiger partial charge in [-0.05, 0) is 18.2 Å². The highest BCUT2D eigenvalue weighted by Crippen LogP contribution is 2.08. The van der Waals surface area contributed by atoms with Crippen molar-refractivity contribution in [1.29, 1.82) is 0 Å². The highest BCUT2D eigenvalue weighted by Gasteiger charge is 2.31. The molecule has 1 heterocycles. The highest BCUT2D eigenvalue weighted by molar-refractivity contribution is 6.08. The summed E-state index contributed by atoms with van der Waals surface area (Å²) >= 11 is 0. The minimum atomic E-state index is -0.795. The molecule has 1 fully saturated rings. The van der Waals surface area contributed by atoms with E-state index in [-0.39, 0.29) is 12.3 Å². The number of nitrogens with two attached hydrogens (primary N) is 1. The van der Waals surface area contributed by atoms with Crippen LogP contribution < -0.4 is 16.4 Å². The van der Waals surface area contributed by atoms with Gasteiger partial charge in [-0.15, -0.1) is 0 Å². The molecule has 1 unspecified atom stereocenters. The molecule has 0 aliphatic carbocycles. The lowest BCUT2D eigenvalue weighted by Crippen LogP contribution is -2.40. The van der Waals surface area contributed by atoms with Gasteiger partial charge in [-0.3, -0.25) is 19.7 Å². The molecule has 1 aromatic rings. The number of rotatable bonds is 2. The van der Waals surface area contributed by atoms with E-state index >= 15 is 0 Å². The first-order valence-corrected chi connectivity index (χ1v) is 5.06. The first-order valence-electron chi connectivity index (χ1n) is 5.06. The van der Waals surface area contributed by atoms with Crippen molar-refractivity contribution in [2.75, 3.05) is 5.73 Å². The Morgan fingerprint density at radius 1 is 1.41 bits per heavy atom. The molecular formula is C11H11N3O3. The van der Waals surface area contributed by atoms with Gasteiger partial charge >= 0.3 is 0 Å². The van der Waals surface area contributed by atoms with Crippen LogP contribution in [0.3, 0.4) is 0 Å². The summed E-state index contributed by atoms with van der Waals surface area (Å²) in [7, 11) is 0. The zero-order valence-corrected chi connectivity index (χ0v) is 8.90. The van der Waals surface area contributed by atoms with Gasteiger partial charge in [0.1, 0.15) is 6.04 Å². The molecule has 0 spiro atoms. The number of anilines is 1. The number of carbonyl (C=O) groups is 3. The largest absolute Gasteiger partial charge is 0.399 e. The average molecular weight is 233 g/mol. The molecule has 6 heteroatoms. The summed E-state index contributed by atoms with van der Waals surface area (Å²) in [5, 5.41) is 4.59. The summed E-state index contributed by atoms with van der Waals surface area (Å²) in [4.78, 5) is 33.9. The number of nitrogens with one attached hydrogen (secondary N) is 2. The second-order valence-electron chi connectivity index (χ2n) is 3.77. The lowest BCUT2D eigenvalue weighted by Gasteiger charge is -2.09. The van der Waals surface area contributed by atoms with Crippen LogP contribution in [0.25, 0.3) is 0 Å². The third-order valence-corrected chi connectivity index (χ3v) is 2.42. The molecule has 2 rings (SSSR count). The van der Waals surface area contributed by atoms with Gasteiger partial charge in [0.05, 0.1) is 6.42 Å². The number of hydrogen-bond acceptors (Lipinski definition) is 4. The van der Waals surface area contributed by atoms with Crippen LogP contribution >= 0.6 is 0 Å². The molecule has 0 bridgehead atoms. The molecule has 4 N–H and O–H groups in total. The Morgan fingerprint density at radius 2 is 2.18 bits per heavy atom. The summed E-state index contributed by atoms with van der Waals surface area (Å²) in [5.41, 5.74) is 6.36. The number of amides is 3. The van der Waals surface area contributed by atoms with Crippen LogP contribution in [0.4, 0.5) is 5.69 Å². The zero-order valence-electron chi connectivity index (χ0n) is 8.90. The Morgan fingerprint density at radius 3 is 2.76 bits per heavy atom. The fraction of sp³-hybridized carbons (Fsp3) is 0.182. The molecule has 0 radical (unpaired) electrons. The number of benzene rings is 1. The first-order chi connectivity index (χ1) is 8.06. The van der Waals surface area contributed by atoms with Crippen LogP contribution in [0, 0.1) is 0 Å². The minimum absolute atomic E-state index is 0.0209. The predicted molar refractivity (Wildman–Crippen MR) is 59.9 cm³/mol. The van der Waals surface area contributed by atoms with Gasteiger partial charge in [0.25, 0.3) is 5.91 Å². The Bertz CT molecular complexity index is 498. The van der Waals surface area contributed by atoms with E-state index in [1.807, 2.05) is 0 Å². The van der Waals surface area contributed by atoms with Crippen LogP contribution in [0.1, 0.15) is 16.8 Å². The Balaban J connectivity index is 2.07. The van der Waals surface area contributed by atoms with Crippen molar-refractivity contribution < 1.29 is 14.4 Å². The number of imide groups is 1. The van der Waals surface area contributed by atoms with Crippen molar-refractivity contribution in [3.05, 3.63) is 29.8 Å². The van der Waals surface area contributed by atoms with Gasteiger partial charge in [-0.25, -0.2) is 0 Å². The van der Waals surface area contributed by atoms with Crippen molar-refractivity contribution >= 4 is 23.4 Å². The number of hydrogen-bond donors (Lipinski definition) is 3. The van der Waals surface area contributed by atoms with E-state index in [4.69, 9.17) is 5.73 Å². The topological polar surface area (TPSA) is 101 Å². The summed E-state index contributed by atoms with van der Waals surface area (Å²) in [6.07, 6.45) is -0.0209. The van der Waals surface area contributed by atoms with Gasteiger partial charge in [-0.2, -0.15) is 0 Å². The van der Waals surface area contributed by atoms with Gasteiger partial charge in [0, 0.05) is 11.3 Å². The van der Waals surface area contributed by atoms with Crippen molar-refractivity contribution in [3.63, 3.8) is 0 Å². The van der Waals surface area contributed by atoms with Gasteiger partial charge < -0.3 is 11.1 Å². The zero-order chi connectivity index (χ0) is 12.4. The fourth-order valence-electron chi connectivity index (χ4n) is 1.59. The van der Waals surface area contributed by atoms with Gasteiger partial charge in [-0.1, -0.05) is 6.07 Å². The smallest absolute Gasteiger partial charge is 0.252 e. The molecule has 1 saturated heterocycles. The molecule has 17 heavy (non-hydrogen) atoms. The number of nitrogen functional groups attached to an aromatic ring is 1. The van der Waals surface area contributed by atoms with Crippen molar-refractivity contribution in [1.82, 2.24) is 10.6 Å². The fourth-order valence-corrected chi connectivity index (χ4v) is 1.59. The summed E-state index contributed by atoms with van der Waals surface area (Å²) in [6, 6.07) is 5.59. The maximum absolute atomic E-state index is 11.7. The number of carbonyl (C=O) groups excluding carboxylic acids is 3. The van der Waals surface area contributed by atoms with Crippen LogP contribution in [0.2, 0.25) is 0 Å². The molecule has 1 aliphatic rings. The van der Waals surface area contributed by atoms with Gasteiger partial charge in [0.2, 0.25) is 11.8 Å². The molecule has 1 aliphatic heterocycles. The summed E-state index contributed by atoms with van der Waals surface area (Å²) in [5.74, 6) is -1.28. The highest BCUT2D eigenvalue weighted by atomic mass is 16.2. The lowest BCUT2D eigenvalue weighted by molar-refractivity contribution is -0.125. The quantitative estimate of drug-likeness (QED) is 0.469. The van der Waals surface area contributed by atoms with Crippen molar-refractivity contribution in [2.45, 2.75) is 12.5 Å². The second-order valence-corrected chi connectivity index (χ2v) is 3.77. The van der Waals surface area contributed by atoms with E-state index in [0.717, 1.165) is 0 Å². The van der Waals surface area contributed by atoms with E-state index < -0.39 is 17.9 Å². The third kappa shape index (κ3) is 2.41. The standard InChI is InChI=1S/C11H11N3O3/c12-7-3-1-2-6(4-7)10(16)13-8-5-9(15)14-11(8)17/h1-4,8H,5,12H2,(H,13,16)(H,14,15,17). The average Bonchev–Trinajstić information content (AvgIpc) is 2.57. The lowest BCUT2D eigenvalue weighted by atomic mass is 10.1. The first kappa shape index (κ1) is 11.1. The minimum Gasteiger partial charge on any atom is -0.399 e. The van der Waals surface area contributed by atoms with Crippen LogP contribution in [-0.2, 0) is 9.59 Å². The molecule has 88 valence electrons. The summed E-state index contributed by atoms with van der Waals surface area (Å²) < 4.78 is 0. The molecule has 0 saturated carbocycles. The molecular weight excluding hydrogens is 222 g/mol. The molecule has 1 atom stereocenters. The van der Waals surface area contributed by atoms with Crippen molar-refractivity contribution in [3.8, 4) is 0 Å². The maximum atomic E-state index is 11.7. The van der Waals surface area contributed by atoms with Crippen LogP contribution in [-0.4, -0.2) is 23.8 Å². The van der Waals surface area contributed by atoms with E-state index in [0.29, 0.717) is 11.3 Å². The van der Waals surface area contributed by atoms with Crippen LogP contribution in [0.15, 0.2) is 24.3 Å². The molecule has 0 aromatic heterocycles. The molecule has 6 nitrogen and oxygen atoms in total. The Hall–Kier alpha value is -2.37. The SMILES string of the molecule is Nc1cccc(C(=O)NC2CC(=O)NC2=O)c1. The Kier molecular flexibility index (Phi) is 2.78. The van der Waals surface area contributed by atoms with E-state index in [9.17, 15) is 14.4 Å². The second kappa shape index (κ2) is 4.25. The summed E-state index contributed by atoms with van der Waals surface area (Å²) in [6.45, 7) is 0. The van der Waals surface area contributed by atoms with E-state index in [2.05, 4.69) is 10.6 Å².